The van der Waals surface area contributed by atoms with E-state index in [0.29, 0.717) is 70.3 Å². The summed E-state index contributed by atoms with van der Waals surface area (Å²) in [5.41, 5.74) is 1.68. The number of hydrogen-bond donors (Lipinski definition) is 5. The lowest BCUT2D eigenvalue weighted by Gasteiger charge is -2.39. The zero-order valence-corrected chi connectivity index (χ0v) is 47.7. The number of aromatic hydroxyl groups is 2. The molecule has 1 aromatic heterocycles. The molecule has 19 heteroatoms. The molecule has 6 aliphatic rings. The van der Waals surface area contributed by atoms with E-state index in [4.69, 9.17) is 23.7 Å². The van der Waals surface area contributed by atoms with Crippen molar-refractivity contribution >= 4 is 40.0 Å². The van der Waals surface area contributed by atoms with Crippen LogP contribution in [0.25, 0.3) is 10.8 Å². The number of aliphatic hydroxyl groups is 2. The van der Waals surface area contributed by atoms with Gasteiger partial charge < -0.3 is 54.3 Å². The molecule has 9 rings (SSSR count). The highest BCUT2D eigenvalue weighted by atomic mass is 16.7. The number of ether oxygens (including phenoxy) is 3. The van der Waals surface area contributed by atoms with E-state index < -0.39 is 89.2 Å². The Labute approximate surface area is 457 Å². The Morgan fingerprint density at radius 1 is 0.859 bits per heavy atom. The Morgan fingerprint density at radius 3 is 2.17 bits per heavy atom. The van der Waals surface area contributed by atoms with Crippen LogP contribution in [0.4, 0.5) is 5.69 Å². The van der Waals surface area contributed by atoms with E-state index in [9.17, 15) is 34.8 Å². The number of carbonyl (C=O) groups excluding carboxylic acids is 4. The molecule has 19 nitrogen and oxygen atoms in total. The molecule has 9 atom stereocenters. The number of esters is 1. The van der Waals surface area contributed by atoms with Gasteiger partial charge in [-0.15, -0.1) is 0 Å². The molecule has 424 valence electrons. The number of allylic oxidation sites excluding steroid dienone is 3. The lowest BCUT2D eigenvalue weighted by Crippen LogP contribution is -2.49. The number of phenols is 2. The lowest BCUT2D eigenvalue weighted by molar-refractivity contribution is -0.164. The van der Waals surface area contributed by atoms with Crippen LogP contribution in [0.2, 0.25) is 0 Å². The number of aromatic nitrogens is 1. The molecule has 0 unspecified atom stereocenters. The van der Waals surface area contributed by atoms with Gasteiger partial charge >= 0.3 is 11.8 Å². The number of Topliss-reactive ketones (excluding diaryl/α,β-unsaturated/α-hetero) is 1. The number of phenolic OH excluding ortho intramolecular Hbond substituents is 2. The van der Waals surface area contributed by atoms with Crippen LogP contribution in [0.15, 0.2) is 50.6 Å². The first-order chi connectivity index (χ1) is 36.8. The average molecular weight is 1080 g/mol. The van der Waals surface area contributed by atoms with E-state index in [0.717, 1.165) is 23.6 Å². The normalized spacial score (nSPS) is 29.7. The highest BCUT2D eigenvalue weighted by molar-refractivity contribution is 6.21. The summed E-state index contributed by atoms with van der Waals surface area (Å²) < 4.78 is 24.4. The van der Waals surface area contributed by atoms with Gasteiger partial charge in [-0.3, -0.25) is 29.1 Å². The van der Waals surface area contributed by atoms with Gasteiger partial charge in [0.25, 0.3) is 11.7 Å². The molecule has 2 fully saturated rings. The second-order valence-electron chi connectivity index (χ2n) is 23.6. The summed E-state index contributed by atoms with van der Waals surface area (Å²) in [6.07, 6.45) is 5.35. The standard InChI is InChI=1S/C59H81N7O12/c1-30(2)28-64-20-18-59(19-21-64)61-47-44-45-52(71)37(10)55-46(44)56(73)58(13,77-55)75-26-17-40(31(3)4)34(7)54(76-43(68)27-42(67)66-24-22-65(23-25-66)29-41-38(11)63-78-39(41)12)36(9)51(70)35(8)50(69)32(5)15-14-16-33(6)57(74)60-49(53(45)72)48(47)62-59/h14-17,26,30-32,34-36,40,50-51,54,61,69-72H,18-25,27-29H2,1-13H3/b15-14+,26-17+,33-16-,60-49?/t32-,34+,35+,36+,40+,50-,51+,54+,58-/m0/s1. The number of aliphatic hydroxyl groups excluding tert-OH is 2. The second kappa shape index (κ2) is 22.9. The molecule has 2 amide bonds. The molecule has 5 bridgehead atoms. The molecule has 6 aliphatic heterocycles. The zero-order chi connectivity index (χ0) is 56.9. The van der Waals surface area contributed by atoms with Gasteiger partial charge in [0.1, 0.15) is 46.2 Å². The number of anilines is 1. The van der Waals surface area contributed by atoms with E-state index in [1.54, 1.807) is 63.8 Å². The summed E-state index contributed by atoms with van der Waals surface area (Å²) in [6.45, 7) is 28.8. The second-order valence-corrected chi connectivity index (χ2v) is 23.6. The first-order valence-electron chi connectivity index (χ1n) is 27.7. The maximum Gasteiger partial charge on any atom is 0.315 e. The van der Waals surface area contributed by atoms with Crippen LogP contribution in [0.5, 0.6) is 17.2 Å². The third kappa shape index (κ3) is 11.3. The van der Waals surface area contributed by atoms with Crippen molar-refractivity contribution < 1.29 is 58.3 Å². The molecule has 5 N–H and O–H groups in total. The van der Waals surface area contributed by atoms with Gasteiger partial charge in [-0.05, 0) is 51.5 Å². The van der Waals surface area contributed by atoms with Crippen molar-refractivity contribution in [2.45, 2.75) is 146 Å². The number of fused-ring (bicyclic) bond motifs is 13. The maximum absolute atomic E-state index is 15.1. The van der Waals surface area contributed by atoms with Crippen molar-refractivity contribution in [2.24, 2.45) is 51.4 Å². The van der Waals surface area contributed by atoms with Crippen LogP contribution in [-0.2, 0) is 30.4 Å². The Balaban J connectivity index is 1.14. The number of rotatable bonds is 8. The smallest absolute Gasteiger partial charge is 0.315 e. The molecule has 2 aromatic carbocycles. The van der Waals surface area contributed by atoms with Crippen LogP contribution in [0, 0.1) is 62.2 Å². The van der Waals surface area contributed by atoms with Crippen LogP contribution >= 0.6 is 0 Å². The van der Waals surface area contributed by atoms with Gasteiger partial charge in [0.2, 0.25) is 5.91 Å². The molecule has 78 heavy (non-hydrogen) atoms. The third-order valence-electron chi connectivity index (χ3n) is 17.1. The van der Waals surface area contributed by atoms with Crippen molar-refractivity contribution in [3.63, 3.8) is 0 Å². The van der Waals surface area contributed by atoms with Gasteiger partial charge in [0.15, 0.2) is 5.75 Å². The van der Waals surface area contributed by atoms with Gasteiger partial charge in [-0.2, -0.15) is 0 Å². The van der Waals surface area contributed by atoms with E-state index in [-0.39, 0.29) is 61.5 Å². The summed E-state index contributed by atoms with van der Waals surface area (Å²) in [5.74, 6) is -7.20. The fourth-order valence-electron chi connectivity index (χ4n) is 12.2. The maximum atomic E-state index is 15.1. The van der Waals surface area contributed by atoms with Gasteiger partial charge in [0, 0.05) is 118 Å². The Bertz CT molecular complexity index is 3020. The largest absolute Gasteiger partial charge is 0.507 e. The highest BCUT2D eigenvalue weighted by Crippen LogP contribution is 2.51. The molecule has 0 saturated carbocycles. The van der Waals surface area contributed by atoms with Gasteiger partial charge in [-0.25, -0.2) is 4.99 Å². The van der Waals surface area contributed by atoms with E-state index in [1.165, 1.54) is 13.2 Å². The molecule has 3 aromatic rings. The minimum atomic E-state index is -1.98. The number of piperazine rings is 1. The van der Waals surface area contributed by atoms with E-state index in [2.05, 4.69) is 39.1 Å². The number of aryl methyl sites for hydroxylation is 2. The number of hydrogen-bond acceptors (Lipinski definition) is 17. The fourth-order valence-corrected chi connectivity index (χ4v) is 12.2. The topological polar surface area (TPSA) is 249 Å². The third-order valence-corrected chi connectivity index (χ3v) is 17.1. The number of piperidine rings is 1. The van der Waals surface area contributed by atoms with Crippen molar-refractivity contribution in [1.29, 1.82) is 0 Å². The zero-order valence-electron chi connectivity index (χ0n) is 47.7. The average Bonchev–Trinajstić information content (AvgIpc) is 3.99. The van der Waals surface area contributed by atoms with Crippen molar-refractivity contribution in [3.05, 3.63) is 75.0 Å². The number of likely N-dealkylation sites (tertiary alicyclic amines) is 1. The number of nitrogens with zero attached hydrogens (tertiary/aromatic N) is 6. The van der Waals surface area contributed by atoms with Gasteiger partial charge in [0.05, 0.1) is 40.8 Å². The van der Waals surface area contributed by atoms with Crippen LogP contribution in [0.1, 0.15) is 121 Å². The summed E-state index contributed by atoms with van der Waals surface area (Å²) in [4.78, 5) is 72.8. The Kier molecular flexibility index (Phi) is 17.0. The molecule has 2 saturated heterocycles. The monoisotopic (exact) mass is 1080 g/mol. The highest BCUT2D eigenvalue weighted by Gasteiger charge is 2.51. The number of benzene rings is 2. The predicted octanol–water partition coefficient (Wildman–Crippen LogP) is 6.33. The SMILES string of the molecule is C/C1=C/C=C/[C@H](C)[C@H](O)[C@@H](C)[C@@H](O)[C@@H](C)[C@H](OC(=O)CC(=O)N2CCN(Cc3c(C)noc3C)CC2)[C@H](C)[C@@H](C(C)C)/C=C/O[C@@]2(C)Oc3c(C)c(O)c4c(O)c(c5c(c4c3C2=O)NC2(CCN(CC(C)C)CC2)N=5)=NC1=O. The van der Waals surface area contributed by atoms with E-state index in [1.807, 2.05) is 34.6 Å². The fraction of sp³-hybridized carbons (Fsp3) is 0.610. The predicted molar refractivity (Wildman–Crippen MR) is 292 cm³/mol. The first-order valence-corrected chi connectivity index (χ1v) is 27.7. The first kappa shape index (κ1) is 58.0. The quantitative estimate of drug-likeness (QED) is 0.0940. The van der Waals surface area contributed by atoms with E-state index >= 15 is 4.79 Å². The summed E-state index contributed by atoms with van der Waals surface area (Å²) in [6, 6.07) is 0. The lowest BCUT2D eigenvalue weighted by atomic mass is 9.74. The van der Waals surface area contributed by atoms with Crippen molar-refractivity contribution in [1.82, 2.24) is 19.9 Å². The van der Waals surface area contributed by atoms with Crippen molar-refractivity contribution in [3.8, 4) is 17.2 Å². The van der Waals surface area contributed by atoms with Crippen LogP contribution in [-0.4, -0.2) is 139 Å². The molecular formula is C59H81N7O12. The summed E-state index contributed by atoms with van der Waals surface area (Å²) in [7, 11) is 0. The molecular weight excluding hydrogens is 999 g/mol. The molecule has 0 radical (unpaired) electrons. The van der Waals surface area contributed by atoms with Gasteiger partial charge in [-0.1, -0.05) is 78.8 Å². The van der Waals surface area contributed by atoms with Crippen LogP contribution < -0.4 is 20.8 Å². The molecule has 1 spiro atoms. The minimum Gasteiger partial charge on any atom is -0.507 e. The summed E-state index contributed by atoms with van der Waals surface area (Å²) >= 11 is 0. The Morgan fingerprint density at radius 2 is 1.54 bits per heavy atom. The molecule has 7 heterocycles. The number of ketones is 1. The summed E-state index contributed by atoms with van der Waals surface area (Å²) in [5, 5.41) is 55.9. The number of carbonyl (C=O) groups is 4. The molecule has 0 aliphatic carbocycles. The number of amides is 2. The minimum absolute atomic E-state index is 0.0516. The number of nitrogens with one attached hydrogen (secondary N) is 1. The van der Waals surface area contributed by atoms with Crippen molar-refractivity contribution in [2.75, 3.05) is 51.1 Å². The Hall–Kier alpha value is -6.15. The van der Waals surface area contributed by atoms with Crippen LogP contribution in [0.3, 0.4) is 0 Å².